The van der Waals surface area contributed by atoms with Crippen LogP contribution in [0.2, 0.25) is 5.02 Å². The molecule has 0 spiro atoms. The van der Waals surface area contributed by atoms with Crippen molar-refractivity contribution in [2.75, 3.05) is 34.4 Å². The van der Waals surface area contributed by atoms with Crippen LogP contribution in [0.15, 0.2) is 33.5 Å². The van der Waals surface area contributed by atoms with Crippen LogP contribution in [0.1, 0.15) is 29.2 Å². The molecule has 1 aliphatic rings. The van der Waals surface area contributed by atoms with Gasteiger partial charge in [0.2, 0.25) is 0 Å². The zero-order chi connectivity index (χ0) is 25.5. The van der Waals surface area contributed by atoms with Crippen molar-refractivity contribution in [3.05, 3.63) is 73.2 Å². The normalized spacial score (nSPS) is 22.7. The lowest BCUT2D eigenvalue weighted by atomic mass is 9.85. The number of fused-ring (bicyclic) bond motifs is 1. The second-order valence-corrected chi connectivity index (χ2v) is 9.10. The van der Waals surface area contributed by atoms with Crippen molar-refractivity contribution < 1.29 is 32.4 Å². The van der Waals surface area contributed by atoms with Gasteiger partial charge in [0.15, 0.2) is 11.2 Å². The van der Waals surface area contributed by atoms with Gasteiger partial charge in [-0.15, -0.1) is 0 Å². The molecule has 2 aromatic carbocycles. The maximum absolute atomic E-state index is 14.3. The summed E-state index contributed by atoms with van der Waals surface area (Å²) in [5.74, 6) is -2.25. The molecule has 0 bridgehead atoms. The summed E-state index contributed by atoms with van der Waals surface area (Å²) in [6.45, 7) is 0.469. The summed E-state index contributed by atoms with van der Waals surface area (Å²) in [4.78, 5) is 13.0. The maximum atomic E-state index is 14.3. The molecule has 1 aromatic heterocycles. The Bertz CT molecular complexity index is 1370. The summed E-state index contributed by atoms with van der Waals surface area (Å²) in [6.07, 6.45) is 2.25. The Morgan fingerprint density at radius 3 is 2.69 bits per heavy atom. The molecule has 1 saturated heterocycles. The van der Waals surface area contributed by atoms with E-state index in [1.54, 1.807) is 7.05 Å². The number of hydrogen-bond donors (Lipinski definition) is 1. The third kappa shape index (κ3) is 4.77. The average Bonchev–Trinajstić information content (AvgIpc) is 2.81. The van der Waals surface area contributed by atoms with Gasteiger partial charge >= 0.3 is 0 Å². The van der Waals surface area contributed by atoms with Crippen molar-refractivity contribution in [1.29, 1.82) is 0 Å². The minimum absolute atomic E-state index is 0.00982. The van der Waals surface area contributed by atoms with Crippen LogP contribution in [0.25, 0.3) is 23.1 Å². The van der Waals surface area contributed by atoms with E-state index in [0.29, 0.717) is 18.5 Å². The Morgan fingerprint density at radius 1 is 1.26 bits per heavy atom. The third-order valence-electron chi connectivity index (χ3n) is 6.32. The summed E-state index contributed by atoms with van der Waals surface area (Å²) >= 11 is 5.75. The topological polar surface area (TPSA) is 92.0 Å². The Morgan fingerprint density at radius 2 is 2.00 bits per heavy atom. The fourth-order valence-corrected chi connectivity index (χ4v) is 4.72. The molecule has 3 aromatic rings. The van der Waals surface area contributed by atoms with Gasteiger partial charge in [0.05, 0.1) is 25.7 Å². The lowest BCUT2D eigenvalue weighted by molar-refractivity contribution is -0.870. The second kappa shape index (κ2) is 9.58. The molecule has 1 fully saturated rings. The van der Waals surface area contributed by atoms with Crippen LogP contribution < -0.4 is 10.2 Å². The number of halogens is 3. The van der Waals surface area contributed by atoms with Gasteiger partial charge in [0, 0.05) is 42.7 Å². The van der Waals surface area contributed by atoms with Crippen LogP contribution in [-0.4, -0.2) is 50.2 Å². The molecular formula is C25H24ClF2NO6. The third-order valence-corrected chi connectivity index (χ3v) is 6.61. The van der Waals surface area contributed by atoms with Gasteiger partial charge in [-0.05, 0) is 24.3 Å². The Balaban J connectivity index is 1.90. The molecule has 10 heteroatoms. The lowest BCUT2D eigenvalue weighted by Crippen LogP contribution is -2.51. The smallest absolute Gasteiger partial charge is 0.197 e. The molecule has 1 unspecified atom stereocenters. The molecule has 0 radical (unpaired) electrons. The van der Waals surface area contributed by atoms with E-state index in [2.05, 4.69) is 0 Å². The summed E-state index contributed by atoms with van der Waals surface area (Å²) in [5.41, 5.74) is -0.434. The highest BCUT2D eigenvalue weighted by Gasteiger charge is 2.38. The summed E-state index contributed by atoms with van der Waals surface area (Å²) in [5, 5.41) is 22.8. The monoisotopic (exact) mass is 507 g/mol. The Kier molecular flexibility index (Phi) is 6.88. The minimum Gasteiger partial charge on any atom is -0.633 e. The molecule has 35 heavy (non-hydrogen) atoms. The van der Waals surface area contributed by atoms with Gasteiger partial charge < -0.3 is 28.9 Å². The Hall–Kier alpha value is -2.98. The number of benzene rings is 2. The number of hydroxylamine groups is 3. The van der Waals surface area contributed by atoms with Crippen LogP contribution in [0.5, 0.6) is 11.5 Å². The number of methoxy groups -OCH3 is 2. The van der Waals surface area contributed by atoms with Crippen molar-refractivity contribution in [2.45, 2.75) is 18.4 Å². The number of likely N-dealkylation sites (N-methyl/N-ethyl adjacent to an activating group) is 1. The molecular weight excluding hydrogens is 484 g/mol. The molecule has 2 heterocycles. The maximum Gasteiger partial charge on any atom is 0.197 e. The van der Waals surface area contributed by atoms with Crippen molar-refractivity contribution in [3.8, 4) is 11.5 Å². The first-order chi connectivity index (χ1) is 16.6. The van der Waals surface area contributed by atoms with E-state index in [1.807, 2.05) is 0 Å². The van der Waals surface area contributed by atoms with E-state index in [4.69, 9.17) is 25.5 Å². The van der Waals surface area contributed by atoms with E-state index in [9.17, 15) is 23.9 Å². The molecule has 1 aliphatic heterocycles. The molecule has 0 amide bonds. The molecule has 0 aliphatic carbocycles. The van der Waals surface area contributed by atoms with E-state index in [1.165, 1.54) is 26.4 Å². The van der Waals surface area contributed by atoms with Crippen molar-refractivity contribution in [1.82, 2.24) is 0 Å². The minimum atomic E-state index is -0.949. The van der Waals surface area contributed by atoms with Gasteiger partial charge in [-0.3, -0.25) is 4.79 Å². The van der Waals surface area contributed by atoms with Crippen LogP contribution in [0.4, 0.5) is 8.78 Å². The fraction of sp³-hybridized carbons (Fsp3) is 0.320. The standard InChI is InChI=1S/C25H24ClF2NO6/c1-29(32)9-8-15(21(12-29)34-3)22-20(33-2)11-19(31)23-18(30)10-13(35-25(22)23)4-5-14-17(27)7-6-16(26)24(14)28/h4-7,10-11,15,21,31H,8-9,12H2,1-3H3/b5-4+/t15-,21+,29?/m0/s1. The number of piperidine rings is 1. The van der Waals surface area contributed by atoms with Gasteiger partial charge in [0.1, 0.15) is 46.7 Å². The number of quaternary nitrogens is 1. The number of hydrogen-bond acceptors (Lipinski definition) is 6. The number of nitrogens with zero attached hydrogens (tertiary/aromatic N) is 1. The van der Waals surface area contributed by atoms with Gasteiger partial charge in [0.25, 0.3) is 0 Å². The van der Waals surface area contributed by atoms with E-state index in [-0.39, 0.29) is 45.7 Å². The van der Waals surface area contributed by atoms with Crippen LogP contribution in [0.3, 0.4) is 0 Å². The Labute approximate surface area is 204 Å². The van der Waals surface area contributed by atoms with Gasteiger partial charge in [-0.1, -0.05) is 11.6 Å². The average molecular weight is 508 g/mol. The highest BCUT2D eigenvalue weighted by molar-refractivity contribution is 6.30. The number of rotatable bonds is 5. The summed E-state index contributed by atoms with van der Waals surface area (Å²) in [7, 11) is 4.47. The van der Waals surface area contributed by atoms with E-state index < -0.39 is 33.4 Å². The second-order valence-electron chi connectivity index (χ2n) is 8.69. The fourth-order valence-electron chi connectivity index (χ4n) is 4.56. The van der Waals surface area contributed by atoms with Crippen LogP contribution in [0, 0.1) is 16.8 Å². The molecule has 4 rings (SSSR count). The summed E-state index contributed by atoms with van der Waals surface area (Å²) < 4.78 is 45.0. The molecule has 0 saturated carbocycles. The molecule has 1 N–H and O–H groups in total. The van der Waals surface area contributed by atoms with Crippen molar-refractivity contribution in [2.24, 2.45) is 0 Å². The predicted octanol–water partition coefficient (Wildman–Crippen LogP) is 5.06. The van der Waals surface area contributed by atoms with Crippen LogP contribution >= 0.6 is 11.6 Å². The molecule has 3 atom stereocenters. The quantitative estimate of drug-likeness (QED) is 0.295. The number of aromatic hydroxyl groups is 1. The van der Waals surface area contributed by atoms with Crippen molar-refractivity contribution in [3.63, 3.8) is 0 Å². The first-order valence-electron chi connectivity index (χ1n) is 10.8. The van der Waals surface area contributed by atoms with Crippen molar-refractivity contribution >= 4 is 34.7 Å². The summed E-state index contributed by atoms with van der Waals surface area (Å²) in [6, 6.07) is 4.56. The first-order valence-corrected chi connectivity index (χ1v) is 11.2. The number of phenols is 1. The molecule has 7 nitrogen and oxygen atoms in total. The van der Waals surface area contributed by atoms with E-state index >= 15 is 0 Å². The number of ether oxygens (including phenoxy) is 2. The zero-order valence-electron chi connectivity index (χ0n) is 19.3. The highest BCUT2D eigenvalue weighted by atomic mass is 35.5. The zero-order valence-corrected chi connectivity index (χ0v) is 20.1. The first kappa shape index (κ1) is 25.1. The number of likely N-dealkylation sites (tertiary alicyclic amines) is 1. The lowest BCUT2D eigenvalue weighted by Gasteiger charge is -2.47. The largest absolute Gasteiger partial charge is 0.633 e. The van der Waals surface area contributed by atoms with Gasteiger partial charge in [-0.2, -0.15) is 0 Å². The highest BCUT2D eigenvalue weighted by Crippen LogP contribution is 2.43. The van der Waals surface area contributed by atoms with Gasteiger partial charge in [-0.25, -0.2) is 8.78 Å². The van der Waals surface area contributed by atoms with E-state index in [0.717, 1.165) is 24.3 Å². The number of phenolic OH excluding ortho intramolecular Hbond substituents is 1. The predicted molar refractivity (Wildman–Crippen MR) is 128 cm³/mol. The van der Waals surface area contributed by atoms with Crippen LogP contribution in [-0.2, 0) is 4.74 Å². The molecule has 186 valence electrons. The SMILES string of the molecule is COc1cc(O)c2c(=O)cc(/C=C/c3c(F)ccc(Cl)c3F)oc2c1[C@H]1CC[N+](C)([O-])C[C@H]1OC.